The fourth-order valence-electron chi connectivity index (χ4n) is 3.21. The first-order valence-electron chi connectivity index (χ1n) is 9.04. The van der Waals surface area contributed by atoms with E-state index >= 15 is 0 Å². The van der Waals surface area contributed by atoms with Crippen molar-refractivity contribution in [1.29, 1.82) is 0 Å². The van der Waals surface area contributed by atoms with Gasteiger partial charge in [-0.25, -0.2) is 0 Å². The van der Waals surface area contributed by atoms with Gasteiger partial charge in [0.15, 0.2) is 0 Å². The number of nitrogens with one attached hydrogen (secondary N) is 2. The molecule has 0 radical (unpaired) electrons. The molecule has 0 spiro atoms. The number of anilines is 1. The van der Waals surface area contributed by atoms with Crippen LogP contribution in [0.2, 0.25) is 0 Å². The normalized spacial score (nSPS) is 17.0. The van der Waals surface area contributed by atoms with Gasteiger partial charge in [0.1, 0.15) is 5.76 Å². The van der Waals surface area contributed by atoms with Crippen LogP contribution in [0.5, 0.6) is 0 Å². The molecule has 1 aliphatic rings. The van der Waals surface area contributed by atoms with Crippen molar-refractivity contribution in [3.05, 3.63) is 54.0 Å². The second-order valence-corrected chi connectivity index (χ2v) is 6.75. The summed E-state index contributed by atoms with van der Waals surface area (Å²) in [5.41, 5.74) is 1.17. The Balaban J connectivity index is 1.58. The van der Waals surface area contributed by atoms with Crippen molar-refractivity contribution >= 4 is 17.5 Å². The minimum absolute atomic E-state index is 0.0716. The topological polar surface area (TPSA) is 74.6 Å². The molecule has 138 valence electrons. The van der Waals surface area contributed by atoms with Crippen LogP contribution in [0.25, 0.3) is 0 Å². The van der Waals surface area contributed by atoms with E-state index in [0.29, 0.717) is 29.5 Å². The summed E-state index contributed by atoms with van der Waals surface area (Å²) < 4.78 is 5.22. The number of carbonyl (C=O) groups is 2. The largest absolute Gasteiger partial charge is 0.467 e. The van der Waals surface area contributed by atoms with Crippen molar-refractivity contribution in [2.75, 3.05) is 25.0 Å². The highest BCUT2D eigenvalue weighted by Gasteiger charge is 2.21. The minimum Gasteiger partial charge on any atom is -0.467 e. The average Bonchev–Trinajstić information content (AvgIpc) is 3.18. The Morgan fingerprint density at radius 2 is 2.08 bits per heavy atom. The number of benzene rings is 1. The Labute approximate surface area is 153 Å². The lowest BCUT2D eigenvalue weighted by Gasteiger charge is -2.31. The zero-order valence-electron chi connectivity index (χ0n) is 15.0. The number of piperidine rings is 1. The summed E-state index contributed by atoms with van der Waals surface area (Å²) in [5.74, 6) is 1.11. The second-order valence-electron chi connectivity index (χ2n) is 6.75. The molecule has 0 aliphatic carbocycles. The Morgan fingerprint density at radius 3 is 2.85 bits per heavy atom. The van der Waals surface area contributed by atoms with E-state index in [1.165, 1.54) is 6.42 Å². The van der Waals surface area contributed by atoms with Gasteiger partial charge in [-0.1, -0.05) is 19.1 Å². The van der Waals surface area contributed by atoms with Gasteiger partial charge in [0, 0.05) is 18.8 Å². The van der Waals surface area contributed by atoms with E-state index in [1.807, 2.05) is 23.1 Å². The molecule has 1 atom stereocenters. The maximum Gasteiger partial charge on any atom is 0.253 e. The summed E-state index contributed by atoms with van der Waals surface area (Å²) >= 11 is 0. The van der Waals surface area contributed by atoms with E-state index in [2.05, 4.69) is 17.6 Å². The molecule has 1 aliphatic heterocycles. The molecule has 2 amide bonds. The molecule has 2 aromatic rings. The molecule has 2 N–H and O–H groups in total. The summed E-state index contributed by atoms with van der Waals surface area (Å²) in [6.45, 7) is 4.31. The zero-order valence-corrected chi connectivity index (χ0v) is 15.0. The van der Waals surface area contributed by atoms with Gasteiger partial charge in [0.2, 0.25) is 5.91 Å². The molecule has 0 saturated carbocycles. The number of carbonyl (C=O) groups excluding carboxylic acids is 2. The molecule has 26 heavy (non-hydrogen) atoms. The highest BCUT2D eigenvalue weighted by molar-refractivity contribution is 6.00. The lowest BCUT2D eigenvalue weighted by molar-refractivity contribution is -0.130. The monoisotopic (exact) mass is 355 g/mol. The van der Waals surface area contributed by atoms with Crippen molar-refractivity contribution in [1.82, 2.24) is 10.2 Å². The predicted octanol–water partition coefficient (Wildman–Crippen LogP) is 2.88. The lowest BCUT2D eigenvalue weighted by Crippen LogP contribution is -2.42. The molecule has 1 aromatic carbocycles. The van der Waals surface area contributed by atoms with E-state index in [0.717, 1.165) is 19.5 Å². The summed E-state index contributed by atoms with van der Waals surface area (Å²) in [5, 5.41) is 5.95. The van der Waals surface area contributed by atoms with Gasteiger partial charge in [-0.2, -0.15) is 0 Å². The van der Waals surface area contributed by atoms with Crippen LogP contribution in [-0.4, -0.2) is 36.3 Å². The second kappa shape index (κ2) is 8.56. The number of nitrogens with zero attached hydrogens (tertiary/aromatic N) is 1. The Morgan fingerprint density at radius 1 is 1.23 bits per heavy atom. The van der Waals surface area contributed by atoms with Gasteiger partial charge in [0.05, 0.1) is 24.9 Å². The van der Waals surface area contributed by atoms with E-state index in [4.69, 9.17) is 4.42 Å². The molecule has 0 bridgehead atoms. The number of rotatable bonds is 6. The van der Waals surface area contributed by atoms with Gasteiger partial charge >= 0.3 is 0 Å². The molecule has 6 nitrogen and oxygen atoms in total. The molecule has 1 aromatic heterocycles. The van der Waals surface area contributed by atoms with E-state index < -0.39 is 0 Å². The van der Waals surface area contributed by atoms with Crippen LogP contribution >= 0.6 is 0 Å². The van der Waals surface area contributed by atoms with Gasteiger partial charge in [0.25, 0.3) is 5.91 Å². The lowest BCUT2D eigenvalue weighted by atomic mass is 10.0. The molecular formula is C20H25N3O3. The number of hydrogen-bond acceptors (Lipinski definition) is 4. The average molecular weight is 355 g/mol. The van der Waals surface area contributed by atoms with Crippen molar-refractivity contribution in [3.8, 4) is 0 Å². The smallest absolute Gasteiger partial charge is 0.253 e. The van der Waals surface area contributed by atoms with Gasteiger partial charge in [-0.3, -0.25) is 9.59 Å². The van der Waals surface area contributed by atoms with E-state index in [-0.39, 0.29) is 18.4 Å². The molecule has 1 fully saturated rings. The molecule has 3 rings (SSSR count). The number of amides is 2. The van der Waals surface area contributed by atoms with Gasteiger partial charge in [-0.15, -0.1) is 0 Å². The summed E-state index contributed by atoms with van der Waals surface area (Å²) in [4.78, 5) is 26.8. The number of furan rings is 1. The van der Waals surface area contributed by atoms with Crippen LogP contribution in [-0.2, 0) is 11.3 Å². The Kier molecular flexibility index (Phi) is 5.94. The predicted molar refractivity (Wildman–Crippen MR) is 99.8 cm³/mol. The molecule has 6 heteroatoms. The zero-order chi connectivity index (χ0) is 18.4. The number of likely N-dealkylation sites (tertiary alicyclic amines) is 1. The fourth-order valence-corrected chi connectivity index (χ4v) is 3.21. The molecule has 1 unspecified atom stereocenters. The van der Waals surface area contributed by atoms with Gasteiger partial charge < -0.3 is 20.0 Å². The third-order valence-electron chi connectivity index (χ3n) is 4.61. The summed E-state index contributed by atoms with van der Waals surface area (Å²) in [6.07, 6.45) is 3.80. The van der Waals surface area contributed by atoms with Gasteiger partial charge in [-0.05, 0) is 43.0 Å². The number of hydrogen-bond donors (Lipinski definition) is 2. The first-order valence-corrected chi connectivity index (χ1v) is 9.04. The standard InChI is InChI=1S/C20H25N3O3/c1-15-6-4-10-23(14-15)19(24)13-21-18-9-3-2-8-17(18)20(25)22-12-16-7-5-11-26-16/h2-3,5,7-9,11,15,21H,4,6,10,12-14H2,1H3,(H,22,25). The van der Waals surface area contributed by atoms with Crippen molar-refractivity contribution < 1.29 is 14.0 Å². The van der Waals surface area contributed by atoms with Crippen LogP contribution < -0.4 is 10.6 Å². The Hall–Kier alpha value is -2.76. The van der Waals surface area contributed by atoms with Crippen molar-refractivity contribution in [2.45, 2.75) is 26.3 Å². The van der Waals surface area contributed by atoms with Crippen LogP contribution in [0.4, 0.5) is 5.69 Å². The summed E-state index contributed by atoms with van der Waals surface area (Å²) in [6, 6.07) is 10.8. The van der Waals surface area contributed by atoms with Crippen LogP contribution in [0.3, 0.4) is 0 Å². The summed E-state index contributed by atoms with van der Waals surface area (Å²) in [7, 11) is 0. The molecule has 1 saturated heterocycles. The number of para-hydroxylation sites is 1. The van der Waals surface area contributed by atoms with E-state index in [9.17, 15) is 9.59 Å². The maximum absolute atomic E-state index is 12.5. The van der Waals surface area contributed by atoms with Crippen LogP contribution in [0.1, 0.15) is 35.9 Å². The van der Waals surface area contributed by atoms with Crippen LogP contribution in [0, 0.1) is 5.92 Å². The fraction of sp³-hybridized carbons (Fsp3) is 0.400. The minimum atomic E-state index is -0.205. The molecule has 2 heterocycles. The van der Waals surface area contributed by atoms with Crippen LogP contribution in [0.15, 0.2) is 47.1 Å². The van der Waals surface area contributed by atoms with Crippen molar-refractivity contribution in [2.24, 2.45) is 5.92 Å². The third-order valence-corrected chi connectivity index (χ3v) is 4.61. The Bertz CT molecular complexity index is 743. The molecular weight excluding hydrogens is 330 g/mol. The quantitative estimate of drug-likeness (QED) is 0.836. The first kappa shape index (κ1) is 18.0. The van der Waals surface area contributed by atoms with E-state index in [1.54, 1.807) is 24.5 Å². The SMILES string of the molecule is CC1CCCN(C(=O)CNc2ccccc2C(=O)NCc2ccco2)C1. The highest BCUT2D eigenvalue weighted by Crippen LogP contribution is 2.17. The third kappa shape index (κ3) is 4.65. The maximum atomic E-state index is 12.5. The highest BCUT2D eigenvalue weighted by atomic mass is 16.3. The first-order chi connectivity index (χ1) is 12.6. The van der Waals surface area contributed by atoms with Crippen molar-refractivity contribution in [3.63, 3.8) is 0 Å².